The lowest BCUT2D eigenvalue weighted by molar-refractivity contribution is -0.117. The monoisotopic (exact) mass is 479 g/mol. The largest absolute Gasteiger partial charge is 0.361 e. The van der Waals surface area contributed by atoms with Gasteiger partial charge in [-0.25, -0.2) is 4.98 Å². The summed E-state index contributed by atoms with van der Waals surface area (Å²) in [6, 6.07) is 23.2. The Hall–Kier alpha value is -4.28. The Kier molecular flexibility index (Phi) is 7.89. The zero-order valence-corrected chi connectivity index (χ0v) is 20.7. The van der Waals surface area contributed by atoms with Crippen LogP contribution in [0.4, 0.5) is 5.82 Å². The SMILES string of the molecule is Cc1noc(C)c1-c1ccc(NC(=O)C(CNC[C@@H](C)c2ccc(C#N)cc2)c2ccccc2)nc1. The van der Waals surface area contributed by atoms with Gasteiger partial charge in [0.05, 0.1) is 23.2 Å². The number of amides is 1. The number of aromatic nitrogens is 2. The van der Waals surface area contributed by atoms with Gasteiger partial charge >= 0.3 is 0 Å². The van der Waals surface area contributed by atoms with E-state index in [4.69, 9.17) is 9.78 Å². The molecule has 182 valence electrons. The molecule has 0 aliphatic carbocycles. The van der Waals surface area contributed by atoms with Crippen molar-refractivity contribution in [3.05, 3.63) is 101 Å². The van der Waals surface area contributed by atoms with E-state index in [-0.39, 0.29) is 17.7 Å². The van der Waals surface area contributed by atoms with Crippen LogP contribution in [0.2, 0.25) is 0 Å². The highest BCUT2D eigenvalue weighted by Crippen LogP contribution is 2.27. The molecule has 0 spiro atoms. The third kappa shape index (κ3) is 5.85. The summed E-state index contributed by atoms with van der Waals surface area (Å²) in [6.45, 7) is 7.06. The molecule has 4 rings (SSSR count). The second-order valence-corrected chi connectivity index (χ2v) is 8.88. The number of aryl methyl sites for hydroxylation is 2. The van der Waals surface area contributed by atoms with E-state index in [1.807, 2.05) is 74.5 Å². The molecule has 4 aromatic rings. The van der Waals surface area contributed by atoms with Crippen molar-refractivity contribution >= 4 is 11.7 Å². The van der Waals surface area contributed by atoms with Gasteiger partial charge in [-0.2, -0.15) is 5.26 Å². The fourth-order valence-electron chi connectivity index (χ4n) is 4.22. The number of hydrogen-bond donors (Lipinski definition) is 2. The Morgan fingerprint density at radius 1 is 1.00 bits per heavy atom. The van der Waals surface area contributed by atoms with Crippen molar-refractivity contribution in [1.82, 2.24) is 15.5 Å². The Bertz CT molecular complexity index is 1320. The fourth-order valence-corrected chi connectivity index (χ4v) is 4.22. The van der Waals surface area contributed by atoms with Crippen molar-refractivity contribution in [3.8, 4) is 17.2 Å². The van der Waals surface area contributed by atoms with E-state index in [9.17, 15) is 4.79 Å². The molecule has 0 aliphatic heterocycles. The summed E-state index contributed by atoms with van der Waals surface area (Å²) in [5.41, 5.74) is 5.33. The molecule has 0 saturated heterocycles. The number of nitriles is 1. The first kappa shape index (κ1) is 24.8. The molecule has 7 heteroatoms. The molecule has 36 heavy (non-hydrogen) atoms. The number of nitrogens with zero attached hydrogens (tertiary/aromatic N) is 3. The normalized spacial score (nSPS) is 12.5. The van der Waals surface area contributed by atoms with E-state index in [1.54, 1.807) is 12.3 Å². The van der Waals surface area contributed by atoms with Gasteiger partial charge in [0.1, 0.15) is 11.6 Å². The second-order valence-electron chi connectivity index (χ2n) is 8.88. The lowest BCUT2D eigenvalue weighted by Crippen LogP contribution is -2.32. The molecule has 0 radical (unpaired) electrons. The Balaban J connectivity index is 1.42. The zero-order chi connectivity index (χ0) is 25.5. The van der Waals surface area contributed by atoms with E-state index < -0.39 is 0 Å². The Labute approximate surface area is 211 Å². The maximum Gasteiger partial charge on any atom is 0.234 e. The zero-order valence-electron chi connectivity index (χ0n) is 20.7. The number of pyridine rings is 1. The first-order chi connectivity index (χ1) is 17.5. The summed E-state index contributed by atoms with van der Waals surface area (Å²) >= 11 is 0. The highest BCUT2D eigenvalue weighted by atomic mass is 16.5. The Morgan fingerprint density at radius 3 is 2.36 bits per heavy atom. The molecule has 0 aliphatic rings. The van der Waals surface area contributed by atoms with Crippen LogP contribution in [-0.4, -0.2) is 29.1 Å². The topological polar surface area (TPSA) is 104 Å². The average molecular weight is 480 g/mol. The second kappa shape index (κ2) is 11.4. The molecule has 1 unspecified atom stereocenters. The Morgan fingerprint density at radius 2 is 1.75 bits per heavy atom. The van der Waals surface area contributed by atoms with Gasteiger partial charge in [0, 0.05) is 30.4 Å². The van der Waals surface area contributed by atoms with Crippen molar-refractivity contribution in [2.24, 2.45) is 0 Å². The maximum absolute atomic E-state index is 13.3. The first-order valence-corrected chi connectivity index (χ1v) is 11.9. The van der Waals surface area contributed by atoms with Crippen LogP contribution in [0.5, 0.6) is 0 Å². The van der Waals surface area contributed by atoms with E-state index in [0.29, 0.717) is 24.5 Å². The van der Waals surface area contributed by atoms with E-state index >= 15 is 0 Å². The molecule has 2 aromatic carbocycles. The average Bonchev–Trinajstić information content (AvgIpc) is 3.25. The summed E-state index contributed by atoms with van der Waals surface area (Å²) in [4.78, 5) is 17.8. The molecular weight excluding hydrogens is 450 g/mol. The number of carbonyl (C=O) groups excluding carboxylic acids is 1. The maximum atomic E-state index is 13.3. The van der Waals surface area contributed by atoms with Crippen molar-refractivity contribution in [1.29, 1.82) is 5.26 Å². The van der Waals surface area contributed by atoms with Crippen LogP contribution in [0.15, 0.2) is 77.4 Å². The molecule has 0 fully saturated rings. The van der Waals surface area contributed by atoms with Crippen LogP contribution in [0.3, 0.4) is 0 Å². The van der Waals surface area contributed by atoms with Gasteiger partial charge in [-0.15, -0.1) is 0 Å². The molecule has 2 atom stereocenters. The summed E-state index contributed by atoms with van der Waals surface area (Å²) in [7, 11) is 0. The van der Waals surface area contributed by atoms with Crippen LogP contribution in [0.1, 0.15) is 46.9 Å². The van der Waals surface area contributed by atoms with Gasteiger partial charge in [0.2, 0.25) is 5.91 Å². The van der Waals surface area contributed by atoms with Crippen LogP contribution in [0.25, 0.3) is 11.1 Å². The number of rotatable bonds is 9. The minimum absolute atomic E-state index is 0.127. The lowest BCUT2D eigenvalue weighted by atomic mass is 9.96. The smallest absolute Gasteiger partial charge is 0.234 e. The van der Waals surface area contributed by atoms with Crippen LogP contribution >= 0.6 is 0 Å². The molecule has 1 amide bonds. The van der Waals surface area contributed by atoms with Crippen LogP contribution in [0, 0.1) is 25.2 Å². The van der Waals surface area contributed by atoms with Crippen LogP contribution < -0.4 is 10.6 Å². The minimum atomic E-state index is -0.386. The van der Waals surface area contributed by atoms with Gasteiger partial charge < -0.3 is 15.2 Å². The number of anilines is 1. The molecular formula is C29H29N5O2. The predicted octanol–water partition coefficient (Wildman–Crippen LogP) is 5.34. The molecule has 2 N–H and O–H groups in total. The number of benzene rings is 2. The van der Waals surface area contributed by atoms with Crippen molar-refractivity contribution in [2.45, 2.75) is 32.6 Å². The van der Waals surface area contributed by atoms with Crippen molar-refractivity contribution < 1.29 is 9.32 Å². The van der Waals surface area contributed by atoms with Crippen LogP contribution in [-0.2, 0) is 4.79 Å². The summed E-state index contributed by atoms with van der Waals surface area (Å²) in [6.07, 6.45) is 1.72. The van der Waals surface area contributed by atoms with Gasteiger partial charge in [0.15, 0.2) is 0 Å². The first-order valence-electron chi connectivity index (χ1n) is 11.9. The highest BCUT2D eigenvalue weighted by molar-refractivity contribution is 5.95. The van der Waals surface area contributed by atoms with E-state index in [1.165, 1.54) is 0 Å². The van der Waals surface area contributed by atoms with E-state index in [2.05, 4.69) is 33.8 Å². The lowest BCUT2D eigenvalue weighted by Gasteiger charge is -2.20. The predicted molar refractivity (Wildman–Crippen MR) is 139 cm³/mol. The van der Waals surface area contributed by atoms with Crippen molar-refractivity contribution in [2.75, 3.05) is 18.4 Å². The molecule has 0 saturated carbocycles. The van der Waals surface area contributed by atoms with Gasteiger partial charge in [-0.05, 0) is 55.2 Å². The highest BCUT2D eigenvalue weighted by Gasteiger charge is 2.21. The van der Waals surface area contributed by atoms with Gasteiger partial charge in [-0.3, -0.25) is 4.79 Å². The number of carbonyl (C=O) groups is 1. The molecule has 0 bridgehead atoms. The van der Waals surface area contributed by atoms with E-state index in [0.717, 1.165) is 33.7 Å². The van der Waals surface area contributed by atoms with Gasteiger partial charge in [-0.1, -0.05) is 54.5 Å². The third-order valence-electron chi connectivity index (χ3n) is 6.26. The summed E-state index contributed by atoms with van der Waals surface area (Å²) in [5.74, 6) is 0.940. The van der Waals surface area contributed by atoms with Crippen molar-refractivity contribution in [3.63, 3.8) is 0 Å². The van der Waals surface area contributed by atoms with Gasteiger partial charge in [0.25, 0.3) is 0 Å². The number of nitrogens with one attached hydrogen (secondary N) is 2. The standard InChI is InChI=1S/C29H29N5O2/c1-19(23-11-9-22(15-30)10-12-23)16-31-18-26(24-7-5-4-6-8-24)29(35)33-27-14-13-25(17-32-27)28-20(2)34-36-21(28)3/h4-14,17,19,26,31H,16,18H2,1-3H3,(H,32,33,35)/t19-,26?/m1/s1. The number of hydrogen-bond acceptors (Lipinski definition) is 6. The molecule has 2 heterocycles. The molecule has 2 aromatic heterocycles. The molecule has 7 nitrogen and oxygen atoms in total. The quantitative estimate of drug-likeness (QED) is 0.336. The minimum Gasteiger partial charge on any atom is -0.361 e. The fraction of sp³-hybridized carbons (Fsp3) is 0.241. The third-order valence-corrected chi connectivity index (χ3v) is 6.26. The summed E-state index contributed by atoms with van der Waals surface area (Å²) < 4.78 is 5.25. The summed E-state index contributed by atoms with van der Waals surface area (Å²) in [5, 5.41) is 19.4.